The number of halogens is 1. The van der Waals surface area contributed by atoms with Crippen molar-refractivity contribution in [2.75, 3.05) is 18.0 Å². The average molecular weight is 371 g/mol. The smallest absolute Gasteiger partial charge is 0.250 e. The molecule has 1 aliphatic heterocycles. The van der Waals surface area contributed by atoms with Crippen LogP contribution in [0.1, 0.15) is 24.8 Å². The molecule has 0 atom stereocenters. The Kier molecular flexibility index (Phi) is 5.26. The van der Waals surface area contributed by atoms with Crippen molar-refractivity contribution in [3.05, 3.63) is 46.3 Å². The van der Waals surface area contributed by atoms with E-state index in [1.165, 1.54) is 31.0 Å². The zero-order valence-corrected chi connectivity index (χ0v) is 15.1. The van der Waals surface area contributed by atoms with Gasteiger partial charge in [-0.1, -0.05) is 23.7 Å². The lowest BCUT2D eigenvalue weighted by atomic mass is 10.1. The van der Waals surface area contributed by atoms with Crippen LogP contribution >= 0.6 is 22.9 Å². The SMILES string of the molecule is O=S(=O)(NCc1ccc(N2CCCCC2)cc1)c1ccc(Cl)s1. The van der Waals surface area contributed by atoms with Crippen molar-refractivity contribution < 1.29 is 8.42 Å². The van der Waals surface area contributed by atoms with E-state index in [1.807, 2.05) is 12.1 Å². The summed E-state index contributed by atoms with van der Waals surface area (Å²) in [6, 6.07) is 11.2. The monoisotopic (exact) mass is 370 g/mol. The van der Waals surface area contributed by atoms with Crippen molar-refractivity contribution in [1.82, 2.24) is 4.72 Å². The third-order valence-corrected chi connectivity index (χ3v) is 7.06. The van der Waals surface area contributed by atoms with E-state index in [2.05, 4.69) is 21.8 Å². The number of anilines is 1. The predicted octanol–water partition coefficient (Wildman–Crippen LogP) is 3.87. The molecule has 1 N–H and O–H groups in total. The van der Waals surface area contributed by atoms with Gasteiger partial charge in [0.2, 0.25) is 10.0 Å². The molecule has 0 amide bonds. The zero-order valence-electron chi connectivity index (χ0n) is 12.7. The summed E-state index contributed by atoms with van der Waals surface area (Å²) in [5.74, 6) is 0. The second-order valence-electron chi connectivity index (χ2n) is 5.60. The van der Waals surface area contributed by atoms with Crippen LogP contribution in [0.2, 0.25) is 4.34 Å². The Morgan fingerprint density at radius 3 is 2.35 bits per heavy atom. The molecule has 2 aromatic rings. The van der Waals surface area contributed by atoms with Gasteiger partial charge in [0, 0.05) is 25.3 Å². The molecule has 0 unspecified atom stereocenters. The first-order valence-electron chi connectivity index (χ1n) is 7.63. The normalized spacial score (nSPS) is 15.8. The lowest BCUT2D eigenvalue weighted by Gasteiger charge is -2.28. The fraction of sp³-hybridized carbons (Fsp3) is 0.375. The van der Waals surface area contributed by atoms with Crippen LogP contribution in [0.4, 0.5) is 5.69 Å². The summed E-state index contributed by atoms with van der Waals surface area (Å²) >= 11 is 6.86. The quantitative estimate of drug-likeness (QED) is 0.869. The van der Waals surface area contributed by atoms with Crippen LogP contribution < -0.4 is 9.62 Å². The van der Waals surface area contributed by atoms with Crippen molar-refractivity contribution in [2.45, 2.75) is 30.0 Å². The highest BCUT2D eigenvalue weighted by molar-refractivity contribution is 7.91. The van der Waals surface area contributed by atoms with E-state index in [1.54, 1.807) is 6.07 Å². The van der Waals surface area contributed by atoms with E-state index in [-0.39, 0.29) is 10.8 Å². The van der Waals surface area contributed by atoms with E-state index >= 15 is 0 Å². The highest BCUT2D eigenvalue weighted by Crippen LogP contribution is 2.25. The molecular formula is C16H19ClN2O2S2. The van der Waals surface area contributed by atoms with Crippen LogP contribution in [0.15, 0.2) is 40.6 Å². The van der Waals surface area contributed by atoms with Crippen molar-refractivity contribution in [3.8, 4) is 0 Å². The van der Waals surface area contributed by atoms with E-state index in [4.69, 9.17) is 11.6 Å². The number of benzene rings is 1. The first-order chi connectivity index (χ1) is 11.0. The molecule has 0 radical (unpaired) electrons. The molecule has 7 heteroatoms. The predicted molar refractivity (Wildman–Crippen MR) is 95.9 cm³/mol. The van der Waals surface area contributed by atoms with E-state index in [0.717, 1.165) is 30.0 Å². The highest BCUT2D eigenvalue weighted by atomic mass is 35.5. The average Bonchev–Trinajstić information content (AvgIpc) is 3.02. The van der Waals surface area contributed by atoms with Crippen LogP contribution in [0, 0.1) is 0 Å². The minimum Gasteiger partial charge on any atom is -0.372 e. The number of piperidine rings is 1. The molecule has 3 rings (SSSR count). The fourth-order valence-corrected chi connectivity index (χ4v) is 5.21. The summed E-state index contributed by atoms with van der Waals surface area (Å²) in [5, 5.41) is 0. The van der Waals surface area contributed by atoms with Gasteiger partial charge >= 0.3 is 0 Å². The number of thiophene rings is 1. The van der Waals surface area contributed by atoms with E-state index in [9.17, 15) is 8.42 Å². The number of nitrogens with one attached hydrogen (secondary N) is 1. The molecule has 4 nitrogen and oxygen atoms in total. The molecule has 23 heavy (non-hydrogen) atoms. The second-order valence-corrected chi connectivity index (χ2v) is 9.31. The maximum Gasteiger partial charge on any atom is 0.250 e. The van der Waals surface area contributed by atoms with Crippen LogP contribution in [-0.2, 0) is 16.6 Å². The largest absolute Gasteiger partial charge is 0.372 e. The summed E-state index contributed by atoms with van der Waals surface area (Å²) in [7, 11) is -3.49. The molecule has 0 saturated carbocycles. The molecule has 1 saturated heterocycles. The van der Waals surface area contributed by atoms with Crippen molar-refractivity contribution in [1.29, 1.82) is 0 Å². The van der Waals surface area contributed by atoms with Gasteiger partial charge in [-0.05, 0) is 49.1 Å². The zero-order chi connectivity index (χ0) is 16.3. The Hall–Kier alpha value is -1.08. The number of rotatable bonds is 5. The minimum atomic E-state index is -3.49. The third-order valence-electron chi connectivity index (χ3n) is 3.94. The standard InChI is InChI=1S/C16H19ClN2O2S2/c17-15-8-9-16(22-15)23(20,21)18-12-13-4-6-14(7-5-13)19-10-2-1-3-11-19/h4-9,18H,1-3,10-12H2. The van der Waals surface area contributed by atoms with Gasteiger partial charge in [-0.3, -0.25) is 0 Å². The van der Waals surface area contributed by atoms with Gasteiger partial charge < -0.3 is 4.90 Å². The molecule has 0 aliphatic carbocycles. The Bertz CT molecular complexity index is 751. The van der Waals surface area contributed by atoms with Crippen LogP contribution in [0.25, 0.3) is 0 Å². The summed E-state index contributed by atoms with van der Waals surface area (Å²) < 4.78 is 27.7. The summed E-state index contributed by atoms with van der Waals surface area (Å²) in [6.45, 7) is 2.48. The molecule has 1 aliphatic rings. The second kappa shape index (κ2) is 7.21. The Morgan fingerprint density at radius 1 is 1.04 bits per heavy atom. The number of hydrogen-bond donors (Lipinski definition) is 1. The maximum absolute atomic E-state index is 12.2. The van der Waals surface area contributed by atoms with Crippen molar-refractivity contribution in [2.24, 2.45) is 0 Å². The minimum absolute atomic E-state index is 0.243. The summed E-state index contributed by atoms with van der Waals surface area (Å²) in [6.07, 6.45) is 3.79. The van der Waals surface area contributed by atoms with Gasteiger partial charge in [0.05, 0.1) is 4.34 Å². The molecule has 0 bridgehead atoms. The van der Waals surface area contributed by atoms with E-state index in [0.29, 0.717) is 4.34 Å². The molecular weight excluding hydrogens is 352 g/mol. The Balaban J connectivity index is 1.62. The molecule has 1 fully saturated rings. The highest BCUT2D eigenvalue weighted by Gasteiger charge is 2.16. The summed E-state index contributed by atoms with van der Waals surface area (Å²) in [4.78, 5) is 2.38. The van der Waals surface area contributed by atoms with Gasteiger partial charge in [-0.15, -0.1) is 11.3 Å². The van der Waals surface area contributed by atoms with E-state index < -0.39 is 10.0 Å². The Labute approximate surface area is 146 Å². The van der Waals surface area contributed by atoms with Gasteiger partial charge in [0.1, 0.15) is 4.21 Å². The van der Waals surface area contributed by atoms with Gasteiger partial charge in [-0.25, -0.2) is 13.1 Å². The number of nitrogens with zero attached hydrogens (tertiary/aromatic N) is 1. The number of hydrogen-bond acceptors (Lipinski definition) is 4. The van der Waals surface area contributed by atoms with Crippen LogP contribution in [0.5, 0.6) is 0 Å². The molecule has 1 aromatic heterocycles. The van der Waals surface area contributed by atoms with Crippen molar-refractivity contribution in [3.63, 3.8) is 0 Å². The fourth-order valence-electron chi connectivity index (χ4n) is 2.67. The summed E-state index contributed by atoms with van der Waals surface area (Å²) in [5.41, 5.74) is 2.15. The molecule has 1 aromatic carbocycles. The lowest BCUT2D eigenvalue weighted by Crippen LogP contribution is -2.29. The van der Waals surface area contributed by atoms with Crippen molar-refractivity contribution >= 4 is 38.6 Å². The van der Waals surface area contributed by atoms with Gasteiger partial charge in [0.15, 0.2) is 0 Å². The lowest BCUT2D eigenvalue weighted by molar-refractivity contribution is 0.577. The molecule has 0 spiro atoms. The molecule has 2 heterocycles. The number of sulfonamides is 1. The maximum atomic E-state index is 12.2. The topological polar surface area (TPSA) is 49.4 Å². The van der Waals surface area contributed by atoms with Crippen LogP contribution in [0.3, 0.4) is 0 Å². The third kappa shape index (κ3) is 4.26. The first-order valence-corrected chi connectivity index (χ1v) is 10.3. The van der Waals surface area contributed by atoms with Gasteiger partial charge in [-0.2, -0.15) is 0 Å². The Morgan fingerprint density at radius 2 is 1.74 bits per heavy atom. The molecule has 124 valence electrons. The van der Waals surface area contributed by atoms with Crippen LogP contribution in [-0.4, -0.2) is 21.5 Å². The first kappa shape index (κ1) is 16.8. The van der Waals surface area contributed by atoms with Gasteiger partial charge in [0.25, 0.3) is 0 Å².